The molecular weight excluding hydrogens is 266 g/mol. The van der Waals surface area contributed by atoms with Crippen LogP contribution in [0.15, 0.2) is 30.9 Å². The molecule has 0 aromatic heterocycles. The number of carbonyl (C=O) groups is 1. The van der Waals surface area contributed by atoms with Crippen LogP contribution in [0.3, 0.4) is 0 Å². The van der Waals surface area contributed by atoms with Crippen molar-refractivity contribution in [2.75, 3.05) is 13.2 Å². The number of hydrogen-bond acceptors (Lipinski definition) is 2. The second kappa shape index (κ2) is 5.97. The molecule has 0 aliphatic carbocycles. The molecular formula is C14H16ClNO3. The zero-order valence-corrected chi connectivity index (χ0v) is 11.3. The molecule has 0 saturated carbocycles. The minimum atomic E-state index is -0.883. The molecule has 1 aliphatic rings. The van der Waals surface area contributed by atoms with Crippen LogP contribution in [0.1, 0.15) is 24.4 Å². The second-order valence-electron chi connectivity index (χ2n) is 4.42. The summed E-state index contributed by atoms with van der Waals surface area (Å²) >= 11 is 6.05. The van der Waals surface area contributed by atoms with Crippen LogP contribution >= 0.6 is 11.6 Å². The Morgan fingerprint density at radius 3 is 3.11 bits per heavy atom. The molecule has 0 spiro atoms. The van der Waals surface area contributed by atoms with E-state index in [1.54, 1.807) is 12.1 Å². The monoisotopic (exact) mass is 281 g/mol. The van der Waals surface area contributed by atoms with Crippen molar-refractivity contribution in [2.24, 2.45) is 0 Å². The number of ether oxygens (including phenoxy) is 1. The van der Waals surface area contributed by atoms with Gasteiger partial charge in [-0.3, -0.25) is 0 Å². The number of amides is 1. The molecule has 1 aromatic rings. The molecule has 1 aliphatic heterocycles. The van der Waals surface area contributed by atoms with Gasteiger partial charge in [-0.1, -0.05) is 30.3 Å². The molecule has 1 atom stereocenters. The van der Waals surface area contributed by atoms with Crippen molar-refractivity contribution in [3.05, 3.63) is 41.4 Å². The number of carboxylic acid groups (broad SMARTS) is 1. The van der Waals surface area contributed by atoms with Crippen LogP contribution in [0.25, 0.3) is 0 Å². The maximum Gasteiger partial charge on any atom is 0.407 e. The normalized spacial score (nSPS) is 18.4. The van der Waals surface area contributed by atoms with Crippen LogP contribution in [0.4, 0.5) is 4.79 Å². The van der Waals surface area contributed by atoms with E-state index in [0.29, 0.717) is 23.9 Å². The van der Waals surface area contributed by atoms with Gasteiger partial charge in [0.15, 0.2) is 0 Å². The summed E-state index contributed by atoms with van der Waals surface area (Å²) < 4.78 is 5.47. The van der Waals surface area contributed by atoms with E-state index in [0.717, 1.165) is 18.4 Å². The van der Waals surface area contributed by atoms with E-state index in [1.807, 2.05) is 12.1 Å². The van der Waals surface area contributed by atoms with Crippen molar-refractivity contribution < 1.29 is 14.6 Å². The number of rotatable bonds is 4. The number of hydrogen-bond donors (Lipinski definition) is 1. The van der Waals surface area contributed by atoms with Crippen molar-refractivity contribution in [2.45, 2.75) is 18.9 Å². The molecule has 1 fully saturated rings. The highest BCUT2D eigenvalue weighted by molar-refractivity contribution is 6.32. The molecule has 5 heteroatoms. The fourth-order valence-corrected chi connectivity index (χ4v) is 2.50. The lowest BCUT2D eigenvalue weighted by molar-refractivity contribution is 0.140. The Hall–Kier alpha value is -1.68. The summed E-state index contributed by atoms with van der Waals surface area (Å²) in [5.74, 6) is 0.566. The lowest BCUT2D eigenvalue weighted by atomic mass is 10.0. The molecule has 1 amide bonds. The van der Waals surface area contributed by atoms with Crippen molar-refractivity contribution in [3.8, 4) is 5.75 Å². The highest BCUT2D eigenvalue weighted by Crippen LogP contribution is 2.35. The van der Waals surface area contributed by atoms with Gasteiger partial charge in [0.25, 0.3) is 0 Å². The van der Waals surface area contributed by atoms with Gasteiger partial charge in [0.05, 0.1) is 11.1 Å². The van der Waals surface area contributed by atoms with E-state index < -0.39 is 6.09 Å². The lowest BCUT2D eigenvalue weighted by Crippen LogP contribution is -2.28. The quantitative estimate of drug-likeness (QED) is 0.856. The van der Waals surface area contributed by atoms with Gasteiger partial charge in [-0.2, -0.15) is 0 Å². The Bertz CT molecular complexity index is 490. The van der Waals surface area contributed by atoms with Crippen molar-refractivity contribution in [1.29, 1.82) is 0 Å². The first-order valence-electron chi connectivity index (χ1n) is 6.16. The lowest BCUT2D eigenvalue weighted by Gasteiger charge is -2.22. The average molecular weight is 282 g/mol. The highest BCUT2D eigenvalue weighted by atomic mass is 35.5. The predicted molar refractivity (Wildman–Crippen MR) is 73.8 cm³/mol. The van der Waals surface area contributed by atoms with Crippen LogP contribution < -0.4 is 4.74 Å². The molecule has 102 valence electrons. The Morgan fingerprint density at radius 2 is 2.42 bits per heavy atom. The molecule has 19 heavy (non-hydrogen) atoms. The van der Waals surface area contributed by atoms with E-state index in [1.165, 1.54) is 4.90 Å². The van der Waals surface area contributed by atoms with E-state index in [-0.39, 0.29) is 6.04 Å². The van der Waals surface area contributed by atoms with Crippen LogP contribution in [0, 0.1) is 0 Å². The average Bonchev–Trinajstić information content (AvgIpc) is 2.87. The highest BCUT2D eigenvalue weighted by Gasteiger charge is 2.30. The molecule has 1 unspecified atom stereocenters. The molecule has 1 aromatic carbocycles. The van der Waals surface area contributed by atoms with E-state index in [4.69, 9.17) is 21.4 Å². The number of likely N-dealkylation sites (tertiary alicyclic amines) is 1. The summed E-state index contributed by atoms with van der Waals surface area (Å²) in [6.07, 6.45) is 2.46. The molecule has 2 rings (SSSR count). The van der Waals surface area contributed by atoms with Crippen LogP contribution in [-0.4, -0.2) is 29.3 Å². The van der Waals surface area contributed by atoms with Crippen molar-refractivity contribution in [1.82, 2.24) is 4.90 Å². The Labute approximate surface area is 117 Å². The van der Waals surface area contributed by atoms with Crippen LogP contribution in [0.2, 0.25) is 5.02 Å². The number of halogens is 1. The summed E-state index contributed by atoms with van der Waals surface area (Å²) in [7, 11) is 0. The van der Waals surface area contributed by atoms with Gasteiger partial charge in [0, 0.05) is 6.54 Å². The zero-order valence-electron chi connectivity index (χ0n) is 10.5. The maximum absolute atomic E-state index is 11.2. The third kappa shape index (κ3) is 3.01. The van der Waals surface area contributed by atoms with Gasteiger partial charge >= 0.3 is 6.09 Å². The summed E-state index contributed by atoms with van der Waals surface area (Å²) in [6, 6.07) is 5.31. The number of nitrogens with zero attached hydrogens (tertiary/aromatic N) is 1. The maximum atomic E-state index is 11.2. The standard InChI is InChI=1S/C14H16ClNO3/c1-2-8-19-13-9-10(5-6-11(13)15)12-4-3-7-16(12)14(17)18/h2,5-6,9,12H,1,3-4,7-8H2,(H,17,18). The first-order valence-corrected chi connectivity index (χ1v) is 6.54. The van der Waals surface area contributed by atoms with Crippen molar-refractivity contribution >= 4 is 17.7 Å². The van der Waals surface area contributed by atoms with Crippen molar-refractivity contribution in [3.63, 3.8) is 0 Å². The molecule has 1 N–H and O–H groups in total. The number of benzene rings is 1. The summed E-state index contributed by atoms with van der Waals surface area (Å²) in [5, 5.41) is 9.68. The van der Waals surface area contributed by atoms with Gasteiger partial charge in [-0.05, 0) is 30.5 Å². The summed E-state index contributed by atoms with van der Waals surface area (Å²) in [4.78, 5) is 12.6. The molecule has 1 saturated heterocycles. The molecule has 1 heterocycles. The SMILES string of the molecule is C=CCOc1cc(C2CCCN2C(=O)O)ccc1Cl. The fourth-order valence-electron chi connectivity index (χ4n) is 2.33. The minimum Gasteiger partial charge on any atom is -0.488 e. The zero-order chi connectivity index (χ0) is 13.8. The Kier molecular flexibility index (Phi) is 4.32. The fraction of sp³-hybridized carbons (Fsp3) is 0.357. The summed E-state index contributed by atoms with van der Waals surface area (Å²) in [5.41, 5.74) is 0.920. The Morgan fingerprint density at radius 1 is 1.63 bits per heavy atom. The third-order valence-corrected chi connectivity index (χ3v) is 3.51. The topological polar surface area (TPSA) is 49.8 Å². The van der Waals surface area contributed by atoms with Gasteiger partial charge in [-0.15, -0.1) is 0 Å². The second-order valence-corrected chi connectivity index (χ2v) is 4.83. The third-order valence-electron chi connectivity index (χ3n) is 3.20. The Balaban J connectivity index is 2.24. The van der Waals surface area contributed by atoms with Crippen LogP contribution in [0.5, 0.6) is 5.75 Å². The van der Waals surface area contributed by atoms with Gasteiger partial charge in [-0.25, -0.2) is 4.79 Å². The smallest absolute Gasteiger partial charge is 0.407 e. The first kappa shape index (κ1) is 13.7. The first-order chi connectivity index (χ1) is 9.13. The van der Waals surface area contributed by atoms with Crippen LogP contribution in [-0.2, 0) is 0 Å². The summed E-state index contributed by atoms with van der Waals surface area (Å²) in [6.45, 7) is 4.53. The molecule has 4 nitrogen and oxygen atoms in total. The van der Waals surface area contributed by atoms with E-state index >= 15 is 0 Å². The largest absolute Gasteiger partial charge is 0.488 e. The minimum absolute atomic E-state index is 0.110. The van der Waals surface area contributed by atoms with E-state index in [2.05, 4.69) is 6.58 Å². The molecule has 0 radical (unpaired) electrons. The van der Waals surface area contributed by atoms with Gasteiger partial charge in [0.2, 0.25) is 0 Å². The van der Waals surface area contributed by atoms with Gasteiger partial charge in [0.1, 0.15) is 12.4 Å². The van der Waals surface area contributed by atoms with Gasteiger partial charge < -0.3 is 14.7 Å². The predicted octanol–water partition coefficient (Wildman–Crippen LogP) is 3.72. The van der Waals surface area contributed by atoms with E-state index in [9.17, 15) is 4.79 Å². The molecule has 0 bridgehead atoms.